The van der Waals surface area contributed by atoms with Crippen LogP contribution in [0.2, 0.25) is 0 Å². The highest BCUT2D eigenvalue weighted by Gasteiger charge is 2.22. The van der Waals surface area contributed by atoms with E-state index in [2.05, 4.69) is 10.2 Å². The molecular weight excluding hydrogens is 282 g/mol. The number of sulfonamides is 1. The van der Waals surface area contributed by atoms with Crippen molar-refractivity contribution in [3.63, 3.8) is 0 Å². The molecule has 0 fully saturated rings. The molecule has 1 aromatic heterocycles. The normalized spacial score (nSPS) is 12.6. The van der Waals surface area contributed by atoms with Gasteiger partial charge in [-0.25, -0.2) is 22.3 Å². The Hall–Kier alpha value is -1.13. The highest BCUT2D eigenvalue weighted by molar-refractivity contribution is 7.89. The minimum absolute atomic E-state index is 0.000186. The average molecular weight is 298 g/mol. The van der Waals surface area contributed by atoms with Crippen LogP contribution in [0.25, 0.3) is 0 Å². The number of hydrogen-bond acceptors (Lipinski definition) is 5. The average Bonchev–Trinajstić information content (AvgIpc) is 2.67. The molecule has 7 nitrogen and oxygen atoms in total. The smallest absolute Gasteiger partial charge is 0.273 e. The Labute approximate surface area is 109 Å². The summed E-state index contributed by atoms with van der Waals surface area (Å²) in [6.07, 6.45) is -2.36. The molecule has 0 bridgehead atoms. The fourth-order valence-electron chi connectivity index (χ4n) is 1.53. The first-order valence-electron chi connectivity index (χ1n) is 5.56. The number of nitrogens with two attached hydrogens (primary N) is 1. The number of halogens is 2. The molecule has 2 N–H and O–H groups in total. The largest absolute Gasteiger partial charge is 0.375 e. The zero-order chi connectivity index (χ0) is 14.6. The second-order valence-corrected chi connectivity index (χ2v) is 5.58. The highest BCUT2D eigenvalue weighted by Crippen LogP contribution is 2.15. The Morgan fingerprint density at radius 2 is 2.00 bits per heavy atom. The van der Waals surface area contributed by atoms with E-state index in [-0.39, 0.29) is 24.2 Å². The van der Waals surface area contributed by atoms with Crippen molar-refractivity contribution in [2.45, 2.75) is 37.9 Å². The summed E-state index contributed by atoms with van der Waals surface area (Å²) in [7, 11) is -3.97. The monoisotopic (exact) mass is 298 g/mol. The molecule has 0 aliphatic rings. The molecule has 1 rings (SSSR count). The molecular formula is C9H16F2N4O3S. The second kappa shape index (κ2) is 6.35. The molecule has 1 heterocycles. The van der Waals surface area contributed by atoms with Crippen LogP contribution in [0, 0.1) is 0 Å². The van der Waals surface area contributed by atoms with E-state index in [9.17, 15) is 17.2 Å². The van der Waals surface area contributed by atoms with Crippen molar-refractivity contribution in [2.75, 3.05) is 13.2 Å². The predicted octanol–water partition coefficient (Wildman–Crippen LogP) is 0.331. The number of nitrogens with zero attached hydrogens (tertiary/aromatic N) is 3. The molecule has 0 aliphatic carbocycles. The lowest BCUT2D eigenvalue weighted by atomic mass is 10.3. The second-order valence-electron chi connectivity index (χ2n) is 4.12. The Kier molecular flexibility index (Phi) is 5.32. The quantitative estimate of drug-likeness (QED) is 0.731. The van der Waals surface area contributed by atoms with E-state index >= 15 is 0 Å². The summed E-state index contributed by atoms with van der Waals surface area (Å²) in [4.78, 5) is 0. The number of ether oxygens (including phenoxy) is 1. The number of rotatable bonds is 7. The van der Waals surface area contributed by atoms with Gasteiger partial charge in [0.1, 0.15) is 12.4 Å². The van der Waals surface area contributed by atoms with Crippen LogP contribution in [-0.4, -0.2) is 42.8 Å². The summed E-state index contributed by atoms with van der Waals surface area (Å²) in [6, 6.07) is -0.228. The van der Waals surface area contributed by atoms with Gasteiger partial charge in [-0.1, -0.05) is 0 Å². The van der Waals surface area contributed by atoms with Crippen LogP contribution >= 0.6 is 0 Å². The van der Waals surface area contributed by atoms with Gasteiger partial charge in [0.15, 0.2) is 0 Å². The molecule has 1 aromatic rings. The SMILES string of the molecule is CC(C)n1c(CCOCC(F)F)nnc1S(N)(=O)=O. The van der Waals surface area contributed by atoms with Crippen LogP contribution in [0.3, 0.4) is 0 Å². The molecule has 110 valence electrons. The van der Waals surface area contributed by atoms with Crippen LogP contribution in [-0.2, 0) is 21.2 Å². The molecule has 0 aromatic carbocycles. The zero-order valence-electron chi connectivity index (χ0n) is 10.6. The first kappa shape index (κ1) is 15.9. The molecule has 0 atom stereocenters. The summed E-state index contributed by atoms with van der Waals surface area (Å²) in [5.41, 5.74) is 0. The van der Waals surface area contributed by atoms with E-state index in [0.717, 1.165) is 0 Å². The molecule has 19 heavy (non-hydrogen) atoms. The third-order valence-electron chi connectivity index (χ3n) is 2.22. The maximum Gasteiger partial charge on any atom is 0.273 e. The molecule has 0 spiro atoms. The third-order valence-corrected chi connectivity index (χ3v) is 3.01. The lowest BCUT2D eigenvalue weighted by molar-refractivity contribution is 0.0180. The van der Waals surface area contributed by atoms with Crippen molar-refractivity contribution in [3.8, 4) is 0 Å². The van der Waals surface area contributed by atoms with Crippen molar-refractivity contribution in [2.24, 2.45) is 5.14 Å². The maximum atomic E-state index is 11.9. The van der Waals surface area contributed by atoms with Gasteiger partial charge >= 0.3 is 0 Å². The Bertz CT molecular complexity index is 516. The van der Waals surface area contributed by atoms with Crippen LogP contribution in [0.4, 0.5) is 8.78 Å². The van der Waals surface area contributed by atoms with Gasteiger partial charge in [0.2, 0.25) is 0 Å². The fourth-order valence-corrected chi connectivity index (χ4v) is 2.27. The summed E-state index contributed by atoms with van der Waals surface area (Å²) < 4.78 is 52.4. The fraction of sp³-hybridized carbons (Fsp3) is 0.778. The Morgan fingerprint density at radius 3 is 2.47 bits per heavy atom. The first-order chi connectivity index (χ1) is 8.73. The molecule has 0 aliphatic heterocycles. The molecule has 0 radical (unpaired) electrons. The van der Waals surface area contributed by atoms with Gasteiger partial charge in [0, 0.05) is 12.5 Å². The van der Waals surface area contributed by atoms with Gasteiger partial charge in [0.25, 0.3) is 21.6 Å². The Morgan fingerprint density at radius 1 is 1.37 bits per heavy atom. The summed E-state index contributed by atoms with van der Waals surface area (Å²) in [5.74, 6) is 0.327. The summed E-state index contributed by atoms with van der Waals surface area (Å²) in [5, 5.41) is 11.9. The van der Waals surface area contributed by atoms with Gasteiger partial charge < -0.3 is 4.74 Å². The third kappa shape index (κ3) is 4.48. The van der Waals surface area contributed by atoms with Gasteiger partial charge in [0.05, 0.1) is 6.61 Å². The van der Waals surface area contributed by atoms with Gasteiger partial charge in [-0.2, -0.15) is 0 Å². The Balaban J connectivity index is 2.82. The van der Waals surface area contributed by atoms with E-state index in [1.54, 1.807) is 13.8 Å². The van der Waals surface area contributed by atoms with Crippen LogP contribution in [0.5, 0.6) is 0 Å². The van der Waals surface area contributed by atoms with Crippen molar-refractivity contribution in [3.05, 3.63) is 5.82 Å². The summed E-state index contributed by atoms with van der Waals surface area (Å²) in [6.45, 7) is 2.81. The van der Waals surface area contributed by atoms with Crippen LogP contribution in [0.1, 0.15) is 25.7 Å². The van der Waals surface area contributed by atoms with E-state index in [1.807, 2.05) is 0 Å². The standard InChI is InChI=1S/C9H16F2N4O3S/c1-6(2)15-8(3-4-18-5-7(10)11)13-14-9(15)19(12,16)17/h6-7H,3-5H2,1-2H3,(H2,12,16,17). The molecule has 0 amide bonds. The molecule has 10 heteroatoms. The van der Waals surface area contributed by atoms with Crippen molar-refractivity contribution < 1.29 is 21.9 Å². The van der Waals surface area contributed by atoms with Gasteiger partial charge in [-0.15, -0.1) is 10.2 Å². The van der Waals surface area contributed by atoms with E-state index in [4.69, 9.17) is 9.88 Å². The van der Waals surface area contributed by atoms with Crippen LogP contribution in [0.15, 0.2) is 5.16 Å². The lowest BCUT2D eigenvalue weighted by Crippen LogP contribution is -2.21. The predicted molar refractivity (Wildman–Crippen MR) is 62.3 cm³/mol. The maximum absolute atomic E-state index is 11.9. The van der Waals surface area contributed by atoms with Crippen LogP contribution < -0.4 is 5.14 Å². The topological polar surface area (TPSA) is 100 Å². The molecule has 0 unspecified atom stereocenters. The zero-order valence-corrected chi connectivity index (χ0v) is 11.4. The summed E-state index contributed by atoms with van der Waals surface area (Å²) >= 11 is 0. The minimum Gasteiger partial charge on any atom is -0.375 e. The minimum atomic E-state index is -3.97. The van der Waals surface area contributed by atoms with Gasteiger partial charge in [-0.05, 0) is 13.8 Å². The van der Waals surface area contributed by atoms with E-state index < -0.39 is 23.1 Å². The van der Waals surface area contributed by atoms with Gasteiger partial charge in [-0.3, -0.25) is 4.57 Å². The molecule has 0 saturated heterocycles. The van der Waals surface area contributed by atoms with Crippen molar-refractivity contribution >= 4 is 10.0 Å². The highest BCUT2D eigenvalue weighted by atomic mass is 32.2. The molecule has 0 saturated carbocycles. The van der Waals surface area contributed by atoms with Crippen molar-refractivity contribution in [1.82, 2.24) is 14.8 Å². The first-order valence-corrected chi connectivity index (χ1v) is 7.10. The lowest BCUT2D eigenvalue weighted by Gasteiger charge is -2.12. The van der Waals surface area contributed by atoms with E-state index in [0.29, 0.717) is 5.82 Å². The number of hydrogen-bond donors (Lipinski definition) is 1. The van der Waals surface area contributed by atoms with Crippen molar-refractivity contribution in [1.29, 1.82) is 0 Å². The number of primary sulfonamides is 1. The number of aromatic nitrogens is 3. The van der Waals surface area contributed by atoms with E-state index in [1.165, 1.54) is 4.57 Å². The number of alkyl halides is 2.